The van der Waals surface area contributed by atoms with Crippen molar-refractivity contribution in [2.45, 2.75) is 36.9 Å². The number of anilines is 1. The summed E-state index contributed by atoms with van der Waals surface area (Å²) < 4.78 is 17.8. The summed E-state index contributed by atoms with van der Waals surface area (Å²) >= 11 is 6.02. The number of halogens is 1. The van der Waals surface area contributed by atoms with E-state index in [1.54, 1.807) is 18.2 Å². The van der Waals surface area contributed by atoms with Crippen LogP contribution in [0.25, 0.3) is 0 Å². The predicted molar refractivity (Wildman–Crippen MR) is 70.7 cm³/mol. The van der Waals surface area contributed by atoms with Crippen LogP contribution in [0.2, 0.25) is 5.02 Å². The van der Waals surface area contributed by atoms with E-state index in [9.17, 15) is 4.21 Å². The molecule has 0 aliphatic carbocycles. The third kappa shape index (κ3) is 3.21. The second kappa shape index (κ2) is 5.38. The summed E-state index contributed by atoms with van der Waals surface area (Å²) in [4.78, 5) is 0.606. The zero-order valence-electron chi connectivity index (χ0n) is 9.69. The number of hydrogen-bond acceptors (Lipinski definition) is 3. The molecule has 94 valence electrons. The molecule has 1 fully saturated rings. The third-order valence-electron chi connectivity index (χ3n) is 2.86. The van der Waals surface area contributed by atoms with Crippen molar-refractivity contribution in [2.75, 3.05) is 11.5 Å². The monoisotopic (exact) mass is 273 g/mol. The van der Waals surface area contributed by atoms with E-state index in [1.165, 1.54) is 0 Å². The first-order valence-corrected chi connectivity index (χ1v) is 7.35. The van der Waals surface area contributed by atoms with Gasteiger partial charge in [-0.2, -0.15) is 0 Å². The molecule has 0 saturated carbocycles. The quantitative estimate of drug-likeness (QED) is 0.862. The van der Waals surface area contributed by atoms with Gasteiger partial charge in [0.15, 0.2) is 0 Å². The summed E-state index contributed by atoms with van der Waals surface area (Å²) in [5.41, 5.74) is 6.25. The van der Waals surface area contributed by atoms with E-state index in [1.807, 2.05) is 6.92 Å². The van der Waals surface area contributed by atoms with Gasteiger partial charge in [-0.3, -0.25) is 4.21 Å². The standard InChI is InChI=1S/C12H16ClNO2S/c1-8-2-4-10(16-8)7-17(15)12-6-9(14)3-5-11(12)13/h3,5-6,8,10H,2,4,7,14H2,1H3. The lowest BCUT2D eigenvalue weighted by molar-refractivity contribution is 0.0695. The van der Waals surface area contributed by atoms with Gasteiger partial charge in [-0.1, -0.05) is 11.6 Å². The van der Waals surface area contributed by atoms with Crippen LogP contribution < -0.4 is 5.73 Å². The molecule has 0 aromatic heterocycles. The molecule has 1 saturated heterocycles. The van der Waals surface area contributed by atoms with Crippen molar-refractivity contribution >= 4 is 28.1 Å². The minimum Gasteiger partial charge on any atom is -0.399 e. The van der Waals surface area contributed by atoms with Gasteiger partial charge >= 0.3 is 0 Å². The van der Waals surface area contributed by atoms with E-state index < -0.39 is 10.8 Å². The Labute approximate surface area is 109 Å². The van der Waals surface area contributed by atoms with Gasteiger partial charge in [-0.05, 0) is 38.0 Å². The van der Waals surface area contributed by atoms with Gasteiger partial charge in [0.25, 0.3) is 0 Å². The molecule has 0 radical (unpaired) electrons. The molecule has 3 unspecified atom stereocenters. The summed E-state index contributed by atoms with van der Waals surface area (Å²) in [6.07, 6.45) is 2.34. The van der Waals surface area contributed by atoms with E-state index >= 15 is 0 Å². The predicted octanol–water partition coefficient (Wildman–Crippen LogP) is 2.60. The zero-order valence-corrected chi connectivity index (χ0v) is 11.3. The number of rotatable bonds is 3. The SMILES string of the molecule is CC1CCC(CS(=O)c2cc(N)ccc2Cl)O1. The van der Waals surface area contributed by atoms with Gasteiger partial charge in [0.05, 0.1) is 38.7 Å². The number of nitrogen functional groups attached to an aromatic ring is 1. The minimum absolute atomic E-state index is 0.0725. The number of benzene rings is 1. The molecule has 3 atom stereocenters. The molecule has 2 rings (SSSR count). The van der Waals surface area contributed by atoms with Crippen molar-refractivity contribution in [1.82, 2.24) is 0 Å². The van der Waals surface area contributed by atoms with Gasteiger partial charge in [-0.25, -0.2) is 0 Å². The molecule has 3 nitrogen and oxygen atoms in total. The number of ether oxygens (including phenoxy) is 1. The average Bonchev–Trinajstić information content (AvgIpc) is 2.67. The first kappa shape index (κ1) is 12.9. The fourth-order valence-electron chi connectivity index (χ4n) is 1.96. The van der Waals surface area contributed by atoms with Crippen LogP contribution in [0, 0.1) is 0 Å². The smallest absolute Gasteiger partial charge is 0.0698 e. The van der Waals surface area contributed by atoms with Crippen molar-refractivity contribution in [3.63, 3.8) is 0 Å². The molecule has 1 aromatic carbocycles. The largest absolute Gasteiger partial charge is 0.399 e. The topological polar surface area (TPSA) is 52.3 Å². The molecule has 1 aliphatic rings. The zero-order chi connectivity index (χ0) is 12.4. The van der Waals surface area contributed by atoms with Crippen molar-refractivity contribution in [3.05, 3.63) is 23.2 Å². The maximum Gasteiger partial charge on any atom is 0.0698 e. The van der Waals surface area contributed by atoms with Crippen molar-refractivity contribution in [3.8, 4) is 0 Å². The van der Waals surface area contributed by atoms with Crippen molar-refractivity contribution in [2.24, 2.45) is 0 Å². The van der Waals surface area contributed by atoms with E-state index in [-0.39, 0.29) is 12.2 Å². The Morgan fingerprint density at radius 1 is 1.53 bits per heavy atom. The van der Waals surface area contributed by atoms with Crippen LogP contribution in [-0.4, -0.2) is 22.2 Å². The van der Waals surface area contributed by atoms with Gasteiger partial charge in [0, 0.05) is 5.69 Å². The van der Waals surface area contributed by atoms with Crippen molar-refractivity contribution in [1.29, 1.82) is 0 Å². The van der Waals surface area contributed by atoms with Crippen molar-refractivity contribution < 1.29 is 8.95 Å². The van der Waals surface area contributed by atoms with Crippen LogP contribution in [0.15, 0.2) is 23.1 Å². The van der Waals surface area contributed by atoms with E-state index in [0.29, 0.717) is 21.4 Å². The second-order valence-corrected chi connectivity index (χ2v) is 6.22. The lowest BCUT2D eigenvalue weighted by Gasteiger charge is -2.11. The van der Waals surface area contributed by atoms with E-state index in [4.69, 9.17) is 22.1 Å². The fraction of sp³-hybridized carbons (Fsp3) is 0.500. The second-order valence-electron chi connectivity index (χ2n) is 4.35. The van der Waals surface area contributed by atoms with Gasteiger partial charge < -0.3 is 10.5 Å². The summed E-state index contributed by atoms with van der Waals surface area (Å²) in [6, 6.07) is 5.07. The summed E-state index contributed by atoms with van der Waals surface area (Å²) in [6.45, 7) is 2.04. The van der Waals surface area contributed by atoms with Gasteiger partial charge in [-0.15, -0.1) is 0 Å². The molecule has 5 heteroatoms. The summed E-state index contributed by atoms with van der Waals surface area (Å²) in [7, 11) is -1.15. The molecule has 1 aromatic rings. The average molecular weight is 274 g/mol. The van der Waals surface area contributed by atoms with Crippen LogP contribution in [0.4, 0.5) is 5.69 Å². The maximum absolute atomic E-state index is 12.2. The Hall–Kier alpha value is -0.580. The fourth-order valence-corrected chi connectivity index (χ4v) is 3.65. The highest BCUT2D eigenvalue weighted by atomic mass is 35.5. The molecule has 1 aliphatic heterocycles. The maximum atomic E-state index is 12.2. The molecule has 0 spiro atoms. The molecule has 0 bridgehead atoms. The lowest BCUT2D eigenvalue weighted by atomic mass is 10.2. The van der Waals surface area contributed by atoms with Crippen LogP contribution in [0.1, 0.15) is 19.8 Å². The highest BCUT2D eigenvalue weighted by molar-refractivity contribution is 7.85. The molecule has 1 heterocycles. The Morgan fingerprint density at radius 2 is 2.29 bits per heavy atom. The van der Waals surface area contributed by atoms with Gasteiger partial charge in [0.1, 0.15) is 0 Å². The molecule has 2 N–H and O–H groups in total. The third-order valence-corrected chi connectivity index (χ3v) is 4.80. The molecular weight excluding hydrogens is 258 g/mol. The Bertz CT molecular complexity index is 439. The van der Waals surface area contributed by atoms with Crippen LogP contribution in [0.3, 0.4) is 0 Å². The minimum atomic E-state index is -1.15. The lowest BCUT2D eigenvalue weighted by Crippen LogP contribution is -2.17. The van der Waals surface area contributed by atoms with Crippen LogP contribution >= 0.6 is 11.6 Å². The van der Waals surface area contributed by atoms with Gasteiger partial charge in [0.2, 0.25) is 0 Å². The van der Waals surface area contributed by atoms with Crippen LogP contribution in [-0.2, 0) is 15.5 Å². The number of nitrogens with two attached hydrogens (primary N) is 1. The van der Waals surface area contributed by atoms with Crippen LogP contribution in [0.5, 0.6) is 0 Å². The van der Waals surface area contributed by atoms with E-state index in [0.717, 1.165) is 12.8 Å². The first-order valence-electron chi connectivity index (χ1n) is 5.65. The highest BCUT2D eigenvalue weighted by Crippen LogP contribution is 2.26. The molecule has 0 amide bonds. The Balaban J connectivity index is 2.06. The summed E-state index contributed by atoms with van der Waals surface area (Å²) in [5.74, 6) is 0.494. The Morgan fingerprint density at radius 3 is 2.94 bits per heavy atom. The normalized spacial score (nSPS) is 26.0. The Kier molecular flexibility index (Phi) is 4.07. The first-order chi connectivity index (χ1) is 8.06. The molecule has 17 heavy (non-hydrogen) atoms. The highest BCUT2D eigenvalue weighted by Gasteiger charge is 2.24. The number of hydrogen-bond donors (Lipinski definition) is 1. The molecular formula is C12H16ClNO2S. The van der Waals surface area contributed by atoms with E-state index in [2.05, 4.69) is 0 Å². The summed E-state index contributed by atoms with van der Waals surface area (Å²) in [5, 5.41) is 0.503.